The molecule has 0 aromatic heterocycles. The Labute approximate surface area is 96.0 Å². The Hall–Kier alpha value is -0.0400. The Morgan fingerprint density at radius 2 is 2.07 bits per heavy atom. The van der Waals surface area contributed by atoms with Crippen molar-refractivity contribution in [1.82, 2.24) is 5.32 Å². The van der Waals surface area contributed by atoms with Crippen LogP contribution in [0.1, 0.15) is 72.6 Å². The van der Waals surface area contributed by atoms with Crippen molar-refractivity contribution >= 4 is 0 Å². The number of rotatable bonds is 5. The molecule has 0 saturated heterocycles. The third-order valence-corrected chi connectivity index (χ3v) is 3.81. The van der Waals surface area contributed by atoms with Crippen LogP contribution < -0.4 is 5.32 Å². The molecule has 1 N–H and O–H groups in total. The maximum Gasteiger partial charge on any atom is 0.00747 e. The summed E-state index contributed by atoms with van der Waals surface area (Å²) in [7, 11) is 0. The second kappa shape index (κ2) is 5.89. The maximum absolute atomic E-state index is 3.86. The topological polar surface area (TPSA) is 12.0 Å². The Bertz CT molecular complexity index is 174. The van der Waals surface area contributed by atoms with Gasteiger partial charge < -0.3 is 5.32 Å². The molecule has 1 rings (SSSR count). The van der Waals surface area contributed by atoms with Crippen molar-refractivity contribution in [1.29, 1.82) is 0 Å². The van der Waals surface area contributed by atoms with Crippen molar-refractivity contribution in [2.75, 3.05) is 0 Å². The van der Waals surface area contributed by atoms with Crippen LogP contribution in [0.3, 0.4) is 0 Å². The fourth-order valence-corrected chi connectivity index (χ4v) is 2.93. The van der Waals surface area contributed by atoms with Crippen molar-refractivity contribution in [3.05, 3.63) is 0 Å². The van der Waals surface area contributed by atoms with Crippen LogP contribution in [0.2, 0.25) is 0 Å². The highest BCUT2D eigenvalue weighted by atomic mass is 15.0. The minimum atomic E-state index is 0.570. The zero-order chi connectivity index (χ0) is 11.3. The molecule has 0 amide bonds. The van der Waals surface area contributed by atoms with Crippen LogP contribution in [0.4, 0.5) is 0 Å². The molecule has 0 aromatic carbocycles. The Morgan fingerprint density at radius 1 is 1.33 bits per heavy atom. The van der Waals surface area contributed by atoms with Gasteiger partial charge in [-0.1, -0.05) is 40.5 Å². The molecule has 0 radical (unpaired) electrons. The molecule has 1 fully saturated rings. The van der Waals surface area contributed by atoms with E-state index in [9.17, 15) is 0 Å². The van der Waals surface area contributed by atoms with Crippen LogP contribution in [0.25, 0.3) is 0 Å². The number of hydrogen-bond donors (Lipinski definition) is 1. The van der Waals surface area contributed by atoms with Gasteiger partial charge in [0.15, 0.2) is 0 Å². The minimum absolute atomic E-state index is 0.570. The smallest absolute Gasteiger partial charge is 0.00747 e. The fraction of sp³-hybridized carbons (Fsp3) is 1.00. The van der Waals surface area contributed by atoms with Crippen LogP contribution in [0, 0.1) is 5.41 Å². The summed E-state index contributed by atoms with van der Waals surface area (Å²) in [4.78, 5) is 0. The summed E-state index contributed by atoms with van der Waals surface area (Å²) < 4.78 is 0. The summed E-state index contributed by atoms with van der Waals surface area (Å²) in [5.41, 5.74) is 0.570. The van der Waals surface area contributed by atoms with Crippen molar-refractivity contribution in [3.8, 4) is 0 Å². The van der Waals surface area contributed by atoms with Gasteiger partial charge in [-0.3, -0.25) is 0 Å². The van der Waals surface area contributed by atoms with Crippen LogP contribution in [0.15, 0.2) is 0 Å². The largest absolute Gasteiger partial charge is 0.311 e. The SMILES string of the molecule is CCCC(CC)NC1CCCC(C)(C)C1. The first-order valence-corrected chi connectivity index (χ1v) is 6.83. The first kappa shape index (κ1) is 13.0. The van der Waals surface area contributed by atoms with E-state index in [4.69, 9.17) is 0 Å². The molecule has 0 heterocycles. The third kappa shape index (κ3) is 4.55. The monoisotopic (exact) mass is 211 g/mol. The van der Waals surface area contributed by atoms with Crippen LogP contribution in [0.5, 0.6) is 0 Å². The lowest BCUT2D eigenvalue weighted by atomic mass is 9.75. The standard InChI is InChI=1S/C14H29N/c1-5-8-12(6-2)15-13-9-7-10-14(3,4)11-13/h12-13,15H,5-11H2,1-4H3. The highest BCUT2D eigenvalue weighted by molar-refractivity contribution is 4.85. The molecule has 1 heteroatoms. The fourth-order valence-electron chi connectivity index (χ4n) is 2.93. The van der Waals surface area contributed by atoms with Crippen LogP contribution in [-0.4, -0.2) is 12.1 Å². The molecule has 1 aliphatic rings. The lowest BCUT2D eigenvalue weighted by Crippen LogP contribution is -2.42. The van der Waals surface area contributed by atoms with E-state index in [1.807, 2.05) is 0 Å². The van der Waals surface area contributed by atoms with Gasteiger partial charge in [-0.15, -0.1) is 0 Å². The average molecular weight is 211 g/mol. The predicted octanol–water partition coefficient (Wildman–Crippen LogP) is 4.12. The molecule has 0 aliphatic heterocycles. The molecule has 1 saturated carbocycles. The van der Waals surface area contributed by atoms with E-state index in [0.29, 0.717) is 5.41 Å². The average Bonchev–Trinajstić information content (AvgIpc) is 2.15. The highest BCUT2D eigenvalue weighted by Crippen LogP contribution is 2.35. The van der Waals surface area contributed by atoms with Gasteiger partial charge in [0.1, 0.15) is 0 Å². The molecule has 15 heavy (non-hydrogen) atoms. The zero-order valence-electron chi connectivity index (χ0n) is 11.1. The van der Waals surface area contributed by atoms with Gasteiger partial charge in [0.05, 0.1) is 0 Å². The summed E-state index contributed by atoms with van der Waals surface area (Å²) in [5, 5.41) is 3.86. The molecule has 1 nitrogen and oxygen atoms in total. The molecule has 90 valence electrons. The van der Waals surface area contributed by atoms with E-state index in [-0.39, 0.29) is 0 Å². The first-order chi connectivity index (χ1) is 7.07. The van der Waals surface area contributed by atoms with E-state index in [1.165, 1.54) is 44.9 Å². The van der Waals surface area contributed by atoms with Crippen molar-refractivity contribution in [2.24, 2.45) is 5.41 Å². The Balaban J connectivity index is 2.36. The molecular weight excluding hydrogens is 182 g/mol. The van der Waals surface area contributed by atoms with Gasteiger partial charge in [0, 0.05) is 12.1 Å². The second-order valence-corrected chi connectivity index (χ2v) is 6.02. The van der Waals surface area contributed by atoms with Gasteiger partial charge in [-0.05, 0) is 37.5 Å². The van der Waals surface area contributed by atoms with Crippen molar-refractivity contribution < 1.29 is 0 Å². The molecular formula is C14H29N. The van der Waals surface area contributed by atoms with Gasteiger partial charge in [0.25, 0.3) is 0 Å². The van der Waals surface area contributed by atoms with E-state index < -0.39 is 0 Å². The number of hydrogen-bond acceptors (Lipinski definition) is 1. The summed E-state index contributed by atoms with van der Waals surface area (Å²) in [6.07, 6.45) is 9.51. The van der Waals surface area contributed by atoms with Gasteiger partial charge in [0.2, 0.25) is 0 Å². The highest BCUT2D eigenvalue weighted by Gasteiger charge is 2.28. The predicted molar refractivity (Wildman–Crippen MR) is 68.2 cm³/mol. The molecule has 2 unspecified atom stereocenters. The summed E-state index contributed by atoms with van der Waals surface area (Å²) in [6, 6.07) is 1.54. The lowest BCUT2D eigenvalue weighted by molar-refractivity contribution is 0.186. The molecule has 2 atom stereocenters. The number of nitrogens with one attached hydrogen (secondary N) is 1. The Kier molecular flexibility index (Phi) is 5.11. The zero-order valence-corrected chi connectivity index (χ0v) is 11.1. The summed E-state index contributed by atoms with van der Waals surface area (Å²) in [6.45, 7) is 9.43. The van der Waals surface area contributed by atoms with Crippen LogP contribution >= 0.6 is 0 Å². The van der Waals surface area contributed by atoms with Crippen LogP contribution in [-0.2, 0) is 0 Å². The minimum Gasteiger partial charge on any atom is -0.311 e. The van der Waals surface area contributed by atoms with Crippen molar-refractivity contribution in [2.45, 2.75) is 84.7 Å². The summed E-state index contributed by atoms with van der Waals surface area (Å²) in [5.74, 6) is 0. The third-order valence-electron chi connectivity index (χ3n) is 3.81. The van der Waals surface area contributed by atoms with E-state index in [0.717, 1.165) is 12.1 Å². The van der Waals surface area contributed by atoms with E-state index >= 15 is 0 Å². The van der Waals surface area contributed by atoms with Gasteiger partial charge in [-0.2, -0.15) is 0 Å². The molecule has 0 bridgehead atoms. The van der Waals surface area contributed by atoms with Crippen molar-refractivity contribution in [3.63, 3.8) is 0 Å². The molecule has 1 aliphatic carbocycles. The van der Waals surface area contributed by atoms with E-state index in [2.05, 4.69) is 33.0 Å². The lowest BCUT2D eigenvalue weighted by Gasteiger charge is -2.37. The molecule has 0 aromatic rings. The molecule has 0 spiro atoms. The maximum atomic E-state index is 3.86. The van der Waals surface area contributed by atoms with Gasteiger partial charge >= 0.3 is 0 Å². The second-order valence-electron chi connectivity index (χ2n) is 6.02. The van der Waals surface area contributed by atoms with E-state index in [1.54, 1.807) is 0 Å². The summed E-state index contributed by atoms with van der Waals surface area (Å²) >= 11 is 0. The normalized spacial score (nSPS) is 27.6. The quantitative estimate of drug-likeness (QED) is 0.721. The van der Waals surface area contributed by atoms with Gasteiger partial charge in [-0.25, -0.2) is 0 Å². The Morgan fingerprint density at radius 3 is 2.60 bits per heavy atom. The first-order valence-electron chi connectivity index (χ1n) is 6.83.